The van der Waals surface area contributed by atoms with Crippen LogP contribution in [-0.2, 0) is 4.74 Å². The van der Waals surface area contributed by atoms with Crippen LogP contribution in [0, 0.1) is 6.92 Å². The van der Waals surface area contributed by atoms with Crippen LogP contribution in [0.5, 0.6) is 5.75 Å². The summed E-state index contributed by atoms with van der Waals surface area (Å²) in [4.78, 5) is 27.3. The number of aryl methyl sites for hydroxylation is 1. The molecule has 3 N–H and O–H groups in total. The van der Waals surface area contributed by atoms with Gasteiger partial charge in [-0.05, 0) is 67.3 Å². The van der Waals surface area contributed by atoms with Crippen molar-refractivity contribution < 1.29 is 19.1 Å². The molecule has 188 valence electrons. The lowest BCUT2D eigenvalue weighted by molar-refractivity contribution is -0.0472. The Morgan fingerprint density at radius 3 is 2.69 bits per heavy atom. The van der Waals surface area contributed by atoms with E-state index in [1.165, 1.54) is 11.3 Å². The molecule has 2 aliphatic rings. The van der Waals surface area contributed by atoms with Crippen LogP contribution in [0.15, 0.2) is 54.6 Å². The zero-order valence-electron chi connectivity index (χ0n) is 20.5. The fourth-order valence-electron chi connectivity index (χ4n) is 4.13. The Bertz CT molecular complexity index is 1250. The number of hydrogen-bond donors (Lipinski definition) is 3. The first-order valence-corrected chi connectivity index (χ1v) is 13.2. The van der Waals surface area contributed by atoms with E-state index in [2.05, 4.69) is 22.0 Å². The summed E-state index contributed by atoms with van der Waals surface area (Å²) in [5, 5.41) is 9.25. The van der Waals surface area contributed by atoms with Crippen LogP contribution in [0.1, 0.15) is 50.5 Å². The molecule has 2 fully saturated rings. The third-order valence-corrected chi connectivity index (χ3v) is 7.77. The van der Waals surface area contributed by atoms with E-state index in [0.29, 0.717) is 22.7 Å². The Hall–Kier alpha value is -3.20. The highest BCUT2D eigenvalue weighted by atomic mass is 32.1. The standard InChI is InChI=1S/C28H31N3O4S/c1-17-6-7-21(35-23-14-29-15-23)13-24(17)27(32)31-18(2)19-4-3-5-20(12-19)25-8-9-26(36-25)28(33)30-16-22-10-11-34-22/h3-9,12-13,18,22-23,29H,10-11,14-16H2,1-2H3,(H,30,33)(H,31,32). The van der Waals surface area contributed by atoms with Gasteiger partial charge in [0.25, 0.3) is 11.8 Å². The van der Waals surface area contributed by atoms with Crippen molar-refractivity contribution in [1.29, 1.82) is 0 Å². The van der Waals surface area contributed by atoms with E-state index in [0.717, 1.165) is 47.7 Å². The van der Waals surface area contributed by atoms with Gasteiger partial charge in [-0.25, -0.2) is 0 Å². The van der Waals surface area contributed by atoms with Gasteiger partial charge in [-0.15, -0.1) is 11.3 Å². The molecule has 1 aromatic heterocycles. The van der Waals surface area contributed by atoms with Gasteiger partial charge in [0.2, 0.25) is 0 Å². The van der Waals surface area contributed by atoms with Crippen molar-refractivity contribution in [2.24, 2.45) is 0 Å². The molecule has 36 heavy (non-hydrogen) atoms. The third-order valence-electron chi connectivity index (χ3n) is 6.63. The van der Waals surface area contributed by atoms with Gasteiger partial charge in [0.05, 0.1) is 17.0 Å². The summed E-state index contributed by atoms with van der Waals surface area (Å²) >= 11 is 1.46. The molecule has 2 aromatic carbocycles. The molecule has 0 saturated carbocycles. The predicted molar refractivity (Wildman–Crippen MR) is 141 cm³/mol. The second-order valence-corrected chi connectivity index (χ2v) is 10.4. The lowest BCUT2D eigenvalue weighted by Gasteiger charge is -2.28. The van der Waals surface area contributed by atoms with Crippen molar-refractivity contribution in [3.05, 3.63) is 76.2 Å². The van der Waals surface area contributed by atoms with E-state index in [-0.39, 0.29) is 30.1 Å². The molecule has 2 saturated heterocycles. The molecule has 0 aliphatic carbocycles. The summed E-state index contributed by atoms with van der Waals surface area (Å²) < 4.78 is 11.3. The van der Waals surface area contributed by atoms with Crippen molar-refractivity contribution in [2.75, 3.05) is 26.2 Å². The molecule has 0 spiro atoms. The summed E-state index contributed by atoms with van der Waals surface area (Å²) in [6.07, 6.45) is 1.29. The molecule has 2 unspecified atom stereocenters. The molecule has 3 aromatic rings. The average molecular weight is 506 g/mol. The molecule has 0 bridgehead atoms. The van der Waals surface area contributed by atoms with Gasteiger partial charge < -0.3 is 25.4 Å². The second kappa shape index (κ2) is 10.8. The number of rotatable bonds is 9. The molecule has 3 heterocycles. The van der Waals surface area contributed by atoms with E-state index >= 15 is 0 Å². The topological polar surface area (TPSA) is 88.7 Å². The number of carbonyl (C=O) groups excluding carboxylic acids is 2. The van der Waals surface area contributed by atoms with Crippen LogP contribution >= 0.6 is 11.3 Å². The maximum absolute atomic E-state index is 13.1. The van der Waals surface area contributed by atoms with Crippen LogP contribution in [0.4, 0.5) is 0 Å². The largest absolute Gasteiger partial charge is 0.488 e. The van der Waals surface area contributed by atoms with Crippen LogP contribution < -0.4 is 20.7 Å². The number of nitrogens with one attached hydrogen (secondary N) is 3. The summed E-state index contributed by atoms with van der Waals surface area (Å²) in [5.41, 5.74) is 3.53. The van der Waals surface area contributed by atoms with Crippen LogP contribution in [-0.4, -0.2) is 50.3 Å². The van der Waals surface area contributed by atoms with Crippen molar-refractivity contribution in [3.63, 3.8) is 0 Å². The third kappa shape index (κ3) is 5.61. The highest BCUT2D eigenvalue weighted by Crippen LogP contribution is 2.30. The van der Waals surface area contributed by atoms with Crippen LogP contribution in [0.25, 0.3) is 10.4 Å². The molecular weight excluding hydrogens is 474 g/mol. The summed E-state index contributed by atoms with van der Waals surface area (Å²) in [6.45, 7) is 6.88. The number of thiophene rings is 1. The monoisotopic (exact) mass is 505 g/mol. The fraction of sp³-hybridized carbons (Fsp3) is 0.357. The van der Waals surface area contributed by atoms with Gasteiger partial charge in [-0.3, -0.25) is 9.59 Å². The molecule has 7 nitrogen and oxygen atoms in total. The van der Waals surface area contributed by atoms with E-state index in [9.17, 15) is 9.59 Å². The van der Waals surface area contributed by atoms with Gasteiger partial charge in [0, 0.05) is 36.7 Å². The molecule has 5 rings (SSSR count). The van der Waals surface area contributed by atoms with E-state index in [4.69, 9.17) is 9.47 Å². The maximum atomic E-state index is 13.1. The zero-order valence-corrected chi connectivity index (χ0v) is 21.3. The highest BCUT2D eigenvalue weighted by Gasteiger charge is 2.21. The summed E-state index contributed by atoms with van der Waals surface area (Å²) in [5.74, 6) is 0.506. The quantitative estimate of drug-likeness (QED) is 0.408. The Balaban J connectivity index is 1.24. The van der Waals surface area contributed by atoms with Crippen LogP contribution in [0.2, 0.25) is 0 Å². The Morgan fingerprint density at radius 2 is 1.97 bits per heavy atom. The lowest BCUT2D eigenvalue weighted by Crippen LogP contribution is -2.50. The second-order valence-electron chi connectivity index (χ2n) is 9.35. The molecular formula is C28H31N3O4S. The minimum Gasteiger partial charge on any atom is -0.488 e. The first kappa shape index (κ1) is 24.5. The van der Waals surface area contributed by atoms with Crippen molar-refractivity contribution in [3.8, 4) is 16.2 Å². The zero-order chi connectivity index (χ0) is 25.1. The Labute approximate surface area is 215 Å². The number of amides is 2. The Kier molecular flexibility index (Phi) is 7.36. The fourth-order valence-corrected chi connectivity index (χ4v) is 5.05. The average Bonchev–Trinajstić information content (AvgIpc) is 3.32. The molecule has 2 atom stereocenters. The van der Waals surface area contributed by atoms with Gasteiger partial charge in [-0.1, -0.05) is 24.3 Å². The first-order valence-electron chi connectivity index (χ1n) is 12.3. The van der Waals surface area contributed by atoms with Gasteiger partial charge in [-0.2, -0.15) is 0 Å². The number of ether oxygens (including phenoxy) is 2. The molecule has 0 radical (unpaired) electrons. The predicted octanol–water partition coefficient (Wildman–Crippen LogP) is 4.08. The van der Waals surface area contributed by atoms with E-state index < -0.39 is 0 Å². The maximum Gasteiger partial charge on any atom is 0.261 e. The van der Waals surface area contributed by atoms with E-state index in [1.54, 1.807) is 0 Å². The van der Waals surface area contributed by atoms with Gasteiger partial charge in [0.15, 0.2) is 0 Å². The number of carbonyl (C=O) groups is 2. The van der Waals surface area contributed by atoms with Crippen molar-refractivity contribution in [1.82, 2.24) is 16.0 Å². The van der Waals surface area contributed by atoms with E-state index in [1.807, 2.05) is 62.4 Å². The Morgan fingerprint density at radius 1 is 1.14 bits per heavy atom. The summed E-state index contributed by atoms with van der Waals surface area (Å²) in [7, 11) is 0. The lowest BCUT2D eigenvalue weighted by atomic mass is 10.0. The number of benzene rings is 2. The SMILES string of the molecule is Cc1ccc(OC2CNC2)cc1C(=O)NC(C)c1cccc(-c2ccc(C(=O)NCC3CCO3)s2)c1. The van der Waals surface area contributed by atoms with Crippen molar-refractivity contribution in [2.45, 2.75) is 38.5 Å². The molecule has 2 aliphatic heterocycles. The molecule has 8 heteroatoms. The molecule has 2 amide bonds. The van der Waals surface area contributed by atoms with Crippen LogP contribution in [0.3, 0.4) is 0 Å². The minimum absolute atomic E-state index is 0.0753. The van der Waals surface area contributed by atoms with Gasteiger partial charge in [0.1, 0.15) is 11.9 Å². The smallest absolute Gasteiger partial charge is 0.261 e. The first-order chi connectivity index (χ1) is 17.5. The minimum atomic E-state index is -0.192. The summed E-state index contributed by atoms with van der Waals surface area (Å²) in [6, 6.07) is 17.4. The normalized spacial score (nSPS) is 18.0. The van der Waals surface area contributed by atoms with Crippen molar-refractivity contribution >= 4 is 23.2 Å². The number of hydrogen-bond acceptors (Lipinski definition) is 6. The highest BCUT2D eigenvalue weighted by molar-refractivity contribution is 7.17. The van der Waals surface area contributed by atoms with Gasteiger partial charge >= 0.3 is 0 Å².